The number of benzene rings is 2. The van der Waals surface area contributed by atoms with Gasteiger partial charge in [-0.15, -0.1) is 6.58 Å². The lowest BCUT2D eigenvalue weighted by atomic mass is 9.90. The highest BCUT2D eigenvalue weighted by molar-refractivity contribution is 5.81. The lowest BCUT2D eigenvalue weighted by Crippen LogP contribution is -2.49. The van der Waals surface area contributed by atoms with Gasteiger partial charge in [0.1, 0.15) is 0 Å². The number of carbonyl (C=O) groups is 1. The monoisotopic (exact) mass is 376 g/mol. The summed E-state index contributed by atoms with van der Waals surface area (Å²) in [5.41, 5.74) is 2.63. The van der Waals surface area contributed by atoms with Gasteiger partial charge in [0.15, 0.2) is 0 Å². The number of carbonyl (C=O) groups excluding carboxylic acids is 1. The van der Waals surface area contributed by atoms with Crippen molar-refractivity contribution in [1.29, 1.82) is 0 Å². The van der Waals surface area contributed by atoms with Crippen LogP contribution in [0.15, 0.2) is 73.3 Å². The number of amides is 1. The molecular formula is C25H32N2O. The molecule has 1 fully saturated rings. The van der Waals surface area contributed by atoms with E-state index >= 15 is 0 Å². The Bertz CT molecular complexity index is 736. The number of piperidine rings is 1. The first-order valence-electron chi connectivity index (χ1n) is 10.4. The third-order valence-corrected chi connectivity index (χ3v) is 5.79. The molecule has 28 heavy (non-hydrogen) atoms. The Hall–Kier alpha value is -2.39. The van der Waals surface area contributed by atoms with Crippen LogP contribution < -0.4 is 0 Å². The standard InChI is InChI=1S/C25H32N2O/c1-3-16-27(20-24-12-8-5-9-13-24)21(2)25(28)26-17-14-23(15-18-26)19-22-10-6-4-7-11-22/h3-13,21,23H,1,14-20H2,2H3. The number of likely N-dealkylation sites (tertiary alicyclic amines) is 1. The fourth-order valence-electron chi connectivity index (χ4n) is 4.07. The van der Waals surface area contributed by atoms with Crippen molar-refractivity contribution in [2.75, 3.05) is 19.6 Å². The van der Waals surface area contributed by atoms with Crippen LogP contribution in [0.1, 0.15) is 30.9 Å². The van der Waals surface area contributed by atoms with Gasteiger partial charge in [0.2, 0.25) is 5.91 Å². The molecular weight excluding hydrogens is 344 g/mol. The zero-order valence-electron chi connectivity index (χ0n) is 17.0. The van der Waals surface area contributed by atoms with Crippen LogP contribution in [0.5, 0.6) is 0 Å². The summed E-state index contributed by atoms with van der Waals surface area (Å²) in [6.07, 6.45) is 5.19. The van der Waals surface area contributed by atoms with E-state index < -0.39 is 0 Å². The van der Waals surface area contributed by atoms with Crippen LogP contribution in [0, 0.1) is 5.92 Å². The average Bonchev–Trinajstić information content (AvgIpc) is 2.74. The van der Waals surface area contributed by atoms with Gasteiger partial charge in [0, 0.05) is 26.2 Å². The van der Waals surface area contributed by atoms with E-state index in [0.717, 1.165) is 38.9 Å². The van der Waals surface area contributed by atoms with Gasteiger partial charge in [-0.3, -0.25) is 9.69 Å². The third-order valence-electron chi connectivity index (χ3n) is 5.79. The van der Waals surface area contributed by atoms with Crippen molar-refractivity contribution in [2.45, 2.75) is 38.8 Å². The summed E-state index contributed by atoms with van der Waals surface area (Å²) in [6.45, 7) is 9.13. The fourth-order valence-corrected chi connectivity index (χ4v) is 4.07. The van der Waals surface area contributed by atoms with Crippen molar-refractivity contribution < 1.29 is 4.79 Å². The zero-order valence-corrected chi connectivity index (χ0v) is 17.0. The molecule has 1 aliphatic heterocycles. The molecule has 1 unspecified atom stereocenters. The highest BCUT2D eigenvalue weighted by Gasteiger charge is 2.29. The Balaban J connectivity index is 1.54. The molecule has 1 heterocycles. The van der Waals surface area contributed by atoms with Crippen LogP contribution >= 0.6 is 0 Å². The van der Waals surface area contributed by atoms with E-state index in [0.29, 0.717) is 12.5 Å². The largest absolute Gasteiger partial charge is 0.341 e. The highest BCUT2D eigenvalue weighted by atomic mass is 16.2. The summed E-state index contributed by atoms with van der Waals surface area (Å²) in [6, 6.07) is 20.9. The van der Waals surface area contributed by atoms with Crippen molar-refractivity contribution in [2.24, 2.45) is 5.92 Å². The van der Waals surface area contributed by atoms with Crippen LogP contribution in [0.25, 0.3) is 0 Å². The Morgan fingerprint density at radius 3 is 2.21 bits per heavy atom. The van der Waals surface area contributed by atoms with Gasteiger partial charge in [0.25, 0.3) is 0 Å². The van der Waals surface area contributed by atoms with Gasteiger partial charge in [0.05, 0.1) is 6.04 Å². The predicted molar refractivity (Wildman–Crippen MR) is 116 cm³/mol. The molecule has 2 aromatic rings. The molecule has 0 aliphatic carbocycles. The summed E-state index contributed by atoms with van der Waals surface area (Å²) in [7, 11) is 0. The van der Waals surface area contributed by atoms with Crippen molar-refractivity contribution >= 4 is 5.91 Å². The second-order valence-electron chi connectivity index (χ2n) is 7.84. The van der Waals surface area contributed by atoms with Gasteiger partial charge in [-0.25, -0.2) is 0 Å². The van der Waals surface area contributed by atoms with E-state index in [9.17, 15) is 4.79 Å². The van der Waals surface area contributed by atoms with Crippen LogP contribution in [0.4, 0.5) is 0 Å². The smallest absolute Gasteiger partial charge is 0.239 e. The van der Waals surface area contributed by atoms with Crippen LogP contribution in [-0.4, -0.2) is 41.4 Å². The minimum Gasteiger partial charge on any atom is -0.341 e. The maximum Gasteiger partial charge on any atom is 0.239 e. The van der Waals surface area contributed by atoms with Gasteiger partial charge in [-0.2, -0.15) is 0 Å². The number of hydrogen-bond acceptors (Lipinski definition) is 2. The van der Waals surface area contributed by atoms with Crippen LogP contribution in [0.2, 0.25) is 0 Å². The van der Waals surface area contributed by atoms with E-state index in [1.807, 2.05) is 31.2 Å². The molecule has 2 aromatic carbocycles. The Labute approximate surface area is 169 Å². The molecule has 0 aromatic heterocycles. The molecule has 1 saturated heterocycles. The number of nitrogens with zero attached hydrogens (tertiary/aromatic N) is 2. The van der Waals surface area contributed by atoms with Crippen molar-refractivity contribution in [3.8, 4) is 0 Å². The van der Waals surface area contributed by atoms with Gasteiger partial charge >= 0.3 is 0 Å². The van der Waals surface area contributed by atoms with Gasteiger partial charge in [-0.05, 0) is 43.2 Å². The first kappa shape index (κ1) is 20.3. The number of rotatable bonds is 8. The molecule has 1 aliphatic rings. The van der Waals surface area contributed by atoms with Gasteiger partial charge in [-0.1, -0.05) is 66.7 Å². The zero-order chi connectivity index (χ0) is 19.8. The quantitative estimate of drug-likeness (QED) is 0.631. The Morgan fingerprint density at radius 2 is 1.64 bits per heavy atom. The molecule has 148 valence electrons. The van der Waals surface area contributed by atoms with E-state index in [2.05, 4.69) is 58.8 Å². The molecule has 0 bridgehead atoms. The molecule has 3 nitrogen and oxygen atoms in total. The average molecular weight is 377 g/mol. The summed E-state index contributed by atoms with van der Waals surface area (Å²) < 4.78 is 0. The first-order valence-corrected chi connectivity index (χ1v) is 10.4. The molecule has 3 rings (SSSR count). The van der Waals surface area contributed by atoms with E-state index in [4.69, 9.17) is 0 Å². The van der Waals surface area contributed by atoms with Crippen molar-refractivity contribution in [3.63, 3.8) is 0 Å². The molecule has 0 N–H and O–H groups in total. The first-order chi connectivity index (χ1) is 13.7. The van der Waals surface area contributed by atoms with E-state index in [1.54, 1.807) is 0 Å². The second-order valence-corrected chi connectivity index (χ2v) is 7.84. The molecule has 1 atom stereocenters. The second kappa shape index (κ2) is 10.2. The van der Waals surface area contributed by atoms with Crippen LogP contribution in [0.3, 0.4) is 0 Å². The van der Waals surface area contributed by atoms with E-state index in [-0.39, 0.29) is 11.9 Å². The lowest BCUT2D eigenvalue weighted by molar-refractivity contribution is -0.137. The molecule has 0 saturated carbocycles. The maximum atomic E-state index is 13.1. The van der Waals surface area contributed by atoms with E-state index in [1.165, 1.54) is 11.1 Å². The topological polar surface area (TPSA) is 23.6 Å². The predicted octanol–water partition coefficient (Wildman–Crippen LogP) is 4.54. The molecule has 3 heteroatoms. The molecule has 0 radical (unpaired) electrons. The minimum absolute atomic E-state index is 0.135. The molecule has 1 amide bonds. The summed E-state index contributed by atoms with van der Waals surface area (Å²) >= 11 is 0. The van der Waals surface area contributed by atoms with Crippen molar-refractivity contribution in [3.05, 3.63) is 84.4 Å². The summed E-state index contributed by atoms with van der Waals surface area (Å²) in [5, 5.41) is 0. The SMILES string of the molecule is C=CCN(Cc1ccccc1)C(C)C(=O)N1CCC(Cc2ccccc2)CC1. The minimum atomic E-state index is -0.135. The van der Waals surface area contributed by atoms with Crippen LogP contribution in [-0.2, 0) is 17.8 Å². The Kier molecular flexibility index (Phi) is 7.44. The van der Waals surface area contributed by atoms with Gasteiger partial charge < -0.3 is 4.90 Å². The highest BCUT2D eigenvalue weighted by Crippen LogP contribution is 2.23. The third kappa shape index (κ3) is 5.56. The normalized spacial score (nSPS) is 16.1. The summed E-state index contributed by atoms with van der Waals surface area (Å²) in [5.74, 6) is 0.922. The number of hydrogen-bond donors (Lipinski definition) is 0. The molecule has 0 spiro atoms. The lowest BCUT2D eigenvalue weighted by Gasteiger charge is -2.36. The fraction of sp³-hybridized carbons (Fsp3) is 0.400. The van der Waals surface area contributed by atoms with Crippen molar-refractivity contribution in [1.82, 2.24) is 9.80 Å². The Morgan fingerprint density at radius 1 is 1.07 bits per heavy atom. The summed E-state index contributed by atoms with van der Waals surface area (Å²) in [4.78, 5) is 17.4. The maximum absolute atomic E-state index is 13.1.